The number of hydrogen-bond acceptors (Lipinski definition) is 5. The van der Waals surface area contributed by atoms with Crippen molar-refractivity contribution in [3.63, 3.8) is 0 Å². The van der Waals surface area contributed by atoms with Crippen LogP contribution in [0, 0.1) is 6.92 Å². The summed E-state index contributed by atoms with van der Waals surface area (Å²) < 4.78 is 29.6. The zero-order valence-corrected chi connectivity index (χ0v) is 15.8. The van der Waals surface area contributed by atoms with E-state index in [9.17, 15) is 8.42 Å². The minimum absolute atomic E-state index is 0.110. The predicted molar refractivity (Wildman–Crippen MR) is 107 cm³/mol. The van der Waals surface area contributed by atoms with Gasteiger partial charge in [0.25, 0.3) is 0 Å². The molecule has 0 aliphatic carbocycles. The lowest BCUT2D eigenvalue weighted by Crippen LogP contribution is -2.31. The van der Waals surface area contributed by atoms with E-state index in [1.807, 2.05) is 6.92 Å². The standard InChI is InChI=1S/C18H19N3O3S2/c1-3-12-19-18(25)21-20-13-15-6-8-16(9-7-15)24-26(22,23)17-10-4-14(2)5-11-17/h3-11,13H,1,12H2,2H3,(H2,19,21,25)/b20-13+. The fourth-order valence-corrected chi connectivity index (χ4v) is 2.93. The van der Waals surface area contributed by atoms with Crippen LogP contribution in [0.3, 0.4) is 0 Å². The van der Waals surface area contributed by atoms with Crippen LogP contribution < -0.4 is 14.9 Å². The molecule has 0 radical (unpaired) electrons. The molecule has 136 valence electrons. The molecule has 0 fully saturated rings. The van der Waals surface area contributed by atoms with Gasteiger partial charge in [0.05, 0.1) is 6.21 Å². The number of nitrogens with one attached hydrogen (secondary N) is 2. The SMILES string of the molecule is C=CCNC(=S)N/N=C/c1ccc(OS(=O)(=O)c2ccc(C)cc2)cc1. The fourth-order valence-electron chi connectivity index (χ4n) is 1.86. The van der Waals surface area contributed by atoms with Gasteiger partial charge in [-0.05, 0) is 61.1 Å². The molecule has 0 bridgehead atoms. The van der Waals surface area contributed by atoms with E-state index in [1.165, 1.54) is 12.1 Å². The molecule has 8 heteroatoms. The van der Waals surface area contributed by atoms with E-state index < -0.39 is 10.1 Å². The minimum atomic E-state index is -3.86. The summed E-state index contributed by atoms with van der Waals surface area (Å²) in [6.07, 6.45) is 3.24. The average molecular weight is 390 g/mol. The zero-order valence-electron chi connectivity index (χ0n) is 14.2. The molecular weight excluding hydrogens is 370 g/mol. The molecule has 0 unspecified atom stereocenters. The van der Waals surface area contributed by atoms with Crippen LogP contribution in [0.1, 0.15) is 11.1 Å². The van der Waals surface area contributed by atoms with Crippen LogP contribution in [-0.4, -0.2) is 26.3 Å². The summed E-state index contributed by atoms with van der Waals surface area (Å²) in [5.41, 5.74) is 4.39. The van der Waals surface area contributed by atoms with E-state index in [0.29, 0.717) is 11.7 Å². The van der Waals surface area contributed by atoms with Gasteiger partial charge in [0.1, 0.15) is 10.6 Å². The van der Waals surface area contributed by atoms with Crippen LogP contribution in [-0.2, 0) is 10.1 Å². The maximum atomic E-state index is 12.2. The van der Waals surface area contributed by atoms with Gasteiger partial charge in [0, 0.05) is 6.54 Å². The Morgan fingerprint density at radius 2 is 1.85 bits per heavy atom. The lowest BCUT2D eigenvalue weighted by Gasteiger charge is -2.07. The quantitative estimate of drug-likeness (QED) is 0.249. The van der Waals surface area contributed by atoms with Gasteiger partial charge in [-0.2, -0.15) is 13.5 Å². The molecule has 2 aromatic carbocycles. The second-order valence-electron chi connectivity index (χ2n) is 5.29. The monoisotopic (exact) mass is 389 g/mol. The summed E-state index contributed by atoms with van der Waals surface area (Å²) in [5, 5.41) is 7.24. The Hall–Kier alpha value is -2.71. The normalized spacial score (nSPS) is 11.1. The van der Waals surface area contributed by atoms with Gasteiger partial charge in [-0.25, -0.2) is 0 Å². The van der Waals surface area contributed by atoms with Crippen molar-refractivity contribution in [2.75, 3.05) is 6.54 Å². The van der Waals surface area contributed by atoms with E-state index in [1.54, 1.807) is 48.7 Å². The van der Waals surface area contributed by atoms with Crippen LogP contribution in [0.4, 0.5) is 0 Å². The lowest BCUT2D eigenvalue weighted by atomic mass is 10.2. The van der Waals surface area contributed by atoms with Gasteiger partial charge in [-0.3, -0.25) is 5.43 Å². The summed E-state index contributed by atoms with van der Waals surface area (Å²) in [6, 6.07) is 13.0. The number of hydrogen-bond donors (Lipinski definition) is 2. The van der Waals surface area contributed by atoms with Crippen LogP contribution >= 0.6 is 12.2 Å². The maximum Gasteiger partial charge on any atom is 0.339 e. The fraction of sp³-hybridized carbons (Fsp3) is 0.111. The van der Waals surface area contributed by atoms with Gasteiger partial charge in [-0.1, -0.05) is 23.8 Å². The summed E-state index contributed by atoms with van der Waals surface area (Å²) in [5.74, 6) is 0.221. The van der Waals surface area contributed by atoms with Crippen molar-refractivity contribution in [1.29, 1.82) is 0 Å². The first-order valence-corrected chi connectivity index (χ1v) is 9.51. The summed E-state index contributed by atoms with van der Waals surface area (Å²) in [4.78, 5) is 0.110. The Morgan fingerprint density at radius 3 is 2.46 bits per heavy atom. The molecule has 0 saturated heterocycles. The minimum Gasteiger partial charge on any atom is -0.379 e. The molecule has 0 amide bonds. The molecule has 0 heterocycles. The van der Waals surface area contributed by atoms with Crippen LogP contribution in [0.25, 0.3) is 0 Å². The molecule has 2 N–H and O–H groups in total. The molecule has 0 spiro atoms. The number of aryl methyl sites for hydroxylation is 1. The highest BCUT2D eigenvalue weighted by Crippen LogP contribution is 2.19. The molecule has 0 aromatic heterocycles. The van der Waals surface area contributed by atoms with Crippen LogP contribution in [0.2, 0.25) is 0 Å². The predicted octanol–water partition coefficient (Wildman–Crippen LogP) is 2.75. The third-order valence-electron chi connectivity index (χ3n) is 3.18. The summed E-state index contributed by atoms with van der Waals surface area (Å²) in [6.45, 7) is 6.00. The van der Waals surface area contributed by atoms with E-state index >= 15 is 0 Å². The van der Waals surface area contributed by atoms with Crippen molar-refractivity contribution < 1.29 is 12.6 Å². The molecule has 2 rings (SSSR count). The number of thiocarbonyl (C=S) groups is 1. The third kappa shape index (κ3) is 5.98. The van der Waals surface area contributed by atoms with Crippen molar-refractivity contribution in [1.82, 2.24) is 10.7 Å². The lowest BCUT2D eigenvalue weighted by molar-refractivity contribution is 0.486. The Balaban J connectivity index is 1.97. The van der Waals surface area contributed by atoms with Gasteiger partial charge in [0.15, 0.2) is 5.11 Å². The molecule has 0 aliphatic heterocycles. The van der Waals surface area contributed by atoms with E-state index in [0.717, 1.165) is 11.1 Å². The van der Waals surface area contributed by atoms with Gasteiger partial charge < -0.3 is 9.50 Å². The smallest absolute Gasteiger partial charge is 0.339 e. The highest BCUT2D eigenvalue weighted by atomic mass is 32.2. The Bertz CT molecular complexity index is 890. The van der Waals surface area contributed by atoms with Crippen molar-refractivity contribution in [3.8, 4) is 5.75 Å². The van der Waals surface area contributed by atoms with Gasteiger partial charge in [0.2, 0.25) is 0 Å². The largest absolute Gasteiger partial charge is 0.379 e. The van der Waals surface area contributed by atoms with Crippen molar-refractivity contribution >= 4 is 33.7 Å². The second kappa shape index (κ2) is 9.12. The number of benzene rings is 2. The molecule has 0 atom stereocenters. The molecular formula is C18H19N3O3S2. The second-order valence-corrected chi connectivity index (χ2v) is 7.24. The van der Waals surface area contributed by atoms with Crippen LogP contribution in [0.5, 0.6) is 5.75 Å². The van der Waals surface area contributed by atoms with E-state index in [2.05, 4.69) is 22.4 Å². The Morgan fingerprint density at radius 1 is 1.19 bits per heavy atom. The number of hydrazone groups is 1. The van der Waals surface area contributed by atoms with E-state index in [4.69, 9.17) is 16.4 Å². The third-order valence-corrected chi connectivity index (χ3v) is 4.68. The van der Waals surface area contributed by atoms with E-state index in [-0.39, 0.29) is 10.6 Å². The van der Waals surface area contributed by atoms with Crippen molar-refractivity contribution in [2.24, 2.45) is 5.10 Å². The first-order valence-electron chi connectivity index (χ1n) is 7.70. The molecule has 0 aliphatic rings. The zero-order chi connectivity index (χ0) is 19.0. The summed E-state index contributed by atoms with van der Waals surface area (Å²) in [7, 11) is -3.86. The average Bonchev–Trinajstić information content (AvgIpc) is 2.61. The topological polar surface area (TPSA) is 79.8 Å². The van der Waals surface area contributed by atoms with Crippen molar-refractivity contribution in [3.05, 3.63) is 72.3 Å². The van der Waals surface area contributed by atoms with Gasteiger partial charge in [-0.15, -0.1) is 6.58 Å². The molecule has 26 heavy (non-hydrogen) atoms. The highest BCUT2D eigenvalue weighted by molar-refractivity contribution is 7.87. The maximum absolute atomic E-state index is 12.2. The van der Waals surface area contributed by atoms with Gasteiger partial charge >= 0.3 is 10.1 Å². The van der Waals surface area contributed by atoms with Crippen molar-refractivity contribution in [2.45, 2.75) is 11.8 Å². The number of nitrogens with zero attached hydrogens (tertiary/aromatic N) is 1. The highest BCUT2D eigenvalue weighted by Gasteiger charge is 2.16. The number of rotatable bonds is 7. The first-order chi connectivity index (χ1) is 12.4. The molecule has 0 saturated carbocycles. The Labute approximate surface area is 158 Å². The van der Waals surface area contributed by atoms with Crippen LogP contribution in [0.15, 0.2) is 71.2 Å². The first kappa shape index (κ1) is 19.6. The molecule has 6 nitrogen and oxygen atoms in total. The summed E-state index contributed by atoms with van der Waals surface area (Å²) >= 11 is 5.00. The Kier molecular flexibility index (Phi) is 6.88. The molecule has 2 aromatic rings.